The molecule has 0 rings (SSSR count). The van der Waals surface area contributed by atoms with Crippen LogP contribution in [0.5, 0.6) is 0 Å². The molecule has 0 aliphatic heterocycles. The first-order valence-electron chi connectivity index (χ1n) is 0.942. The highest BCUT2D eigenvalue weighted by Gasteiger charge is 1.52. The molecule has 0 atom stereocenters. The molecule has 0 heterocycles. The highest BCUT2D eigenvalue weighted by Crippen LogP contribution is 1.85. The van der Waals surface area contributed by atoms with Crippen molar-refractivity contribution in [2.45, 2.75) is 0 Å². The van der Waals surface area contributed by atoms with Crippen LogP contribution >= 0.6 is 27.9 Å². The molecule has 0 radical (unpaired) electrons. The van der Waals surface area contributed by atoms with Crippen LogP contribution in [0.4, 0.5) is 0 Å². The maximum absolute atomic E-state index is 4.97. The van der Waals surface area contributed by atoms with Crippen molar-refractivity contribution >= 4 is 27.9 Å². The van der Waals surface area contributed by atoms with Gasteiger partial charge in [0.2, 0.25) is 0 Å². The van der Waals surface area contributed by atoms with Crippen LogP contribution in [-0.2, 0) is 3.83 Å². The van der Waals surface area contributed by atoms with Crippen LogP contribution in [0, 0.1) is 0 Å². The van der Waals surface area contributed by atoms with Crippen molar-refractivity contribution in [3.05, 3.63) is 11.8 Å². The standard InChI is InChI=1S/C2H2BrClO/c3-5-2-1-4/h1-2H. The third kappa shape index (κ3) is 4.31. The van der Waals surface area contributed by atoms with Crippen molar-refractivity contribution in [2.75, 3.05) is 0 Å². The predicted molar refractivity (Wildman–Crippen MR) is 25.0 cm³/mol. The first-order chi connectivity index (χ1) is 2.41. The molecule has 0 amide bonds. The third-order valence-corrected chi connectivity index (χ3v) is 0.422. The smallest absolute Gasteiger partial charge is 0.178 e. The van der Waals surface area contributed by atoms with Crippen LogP contribution in [0.1, 0.15) is 0 Å². The summed E-state index contributed by atoms with van der Waals surface area (Å²) in [6, 6.07) is 0. The van der Waals surface area contributed by atoms with Gasteiger partial charge in [0.15, 0.2) is 16.3 Å². The minimum atomic E-state index is 1.26. The maximum atomic E-state index is 4.97. The van der Waals surface area contributed by atoms with Gasteiger partial charge in [-0.05, 0) is 0 Å². The van der Waals surface area contributed by atoms with Crippen molar-refractivity contribution in [1.29, 1.82) is 0 Å². The minimum Gasteiger partial charge on any atom is -0.425 e. The van der Waals surface area contributed by atoms with Gasteiger partial charge in [-0.1, -0.05) is 11.6 Å². The SMILES string of the molecule is ClC=COBr. The van der Waals surface area contributed by atoms with Crippen molar-refractivity contribution in [3.63, 3.8) is 0 Å². The van der Waals surface area contributed by atoms with E-state index in [2.05, 4.69) is 20.1 Å². The Morgan fingerprint density at radius 3 is 2.40 bits per heavy atom. The molecular weight excluding hydrogens is 155 g/mol. The first kappa shape index (κ1) is 5.31. The van der Waals surface area contributed by atoms with Gasteiger partial charge in [-0.2, -0.15) is 0 Å². The van der Waals surface area contributed by atoms with Crippen molar-refractivity contribution in [1.82, 2.24) is 0 Å². The fraction of sp³-hybridized carbons (Fsp3) is 0. The Kier molecular flexibility index (Phi) is 4.58. The highest BCUT2D eigenvalue weighted by molar-refractivity contribution is 9.06. The van der Waals surface area contributed by atoms with Gasteiger partial charge in [0.05, 0.1) is 0 Å². The van der Waals surface area contributed by atoms with Crippen LogP contribution in [0.15, 0.2) is 11.8 Å². The van der Waals surface area contributed by atoms with Crippen molar-refractivity contribution < 1.29 is 3.83 Å². The lowest BCUT2D eigenvalue weighted by Gasteiger charge is -1.69. The molecule has 3 heteroatoms. The summed E-state index contributed by atoms with van der Waals surface area (Å²) in [5.74, 6) is 0. The number of hydrogen-bond acceptors (Lipinski definition) is 1. The van der Waals surface area contributed by atoms with Crippen LogP contribution in [-0.4, -0.2) is 0 Å². The Labute approximate surface area is 44.0 Å². The zero-order valence-corrected chi connectivity index (χ0v) is 4.66. The van der Waals surface area contributed by atoms with Gasteiger partial charge < -0.3 is 3.83 Å². The summed E-state index contributed by atoms with van der Waals surface area (Å²) in [5, 5.41) is 0. The first-order valence-corrected chi connectivity index (χ1v) is 2.03. The molecule has 0 aliphatic rings. The van der Waals surface area contributed by atoms with Gasteiger partial charge >= 0.3 is 0 Å². The predicted octanol–water partition coefficient (Wildman–Crippen LogP) is 2.02. The van der Waals surface area contributed by atoms with E-state index in [9.17, 15) is 0 Å². The summed E-state index contributed by atoms with van der Waals surface area (Å²) in [7, 11) is 0. The Morgan fingerprint density at radius 1 is 1.80 bits per heavy atom. The molecule has 0 spiro atoms. The lowest BCUT2D eigenvalue weighted by atomic mass is 11.2. The lowest BCUT2D eigenvalue weighted by molar-refractivity contribution is 0.599. The second kappa shape index (κ2) is 4.31. The van der Waals surface area contributed by atoms with E-state index < -0.39 is 0 Å². The fourth-order valence-electron chi connectivity index (χ4n) is 0.0194. The van der Waals surface area contributed by atoms with E-state index in [1.54, 1.807) is 0 Å². The molecule has 0 bridgehead atoms. The molecule has 0 fully saturated rings. The normalized spacial score (nSPS) is 9.20. The largest absolute Gasteiger partial charge is 0.425 e. The average Bonchev–Trinajstić information content (AvgIpc) is 1.41. The third-order valence-electron chi connectivity index (χ3n) is 0.103. The molecule has 0 aromatic carbocycles. The molecule has 0 aromatic rings. The molecule has 0 unspecified atom stereocenters. The maximum Gasteiger partial charge on any atom is 0.178 e. The number of rotatable bonds is 1. The fourth-order valence-corrected chi connectivity index (χ4v) is 0.303. The average molecular weight is 157 g/mol. The Hall–Kier alpha value is 0.310. The zero-order chi connectivity index (χ0) is 4.12. The van der Waals surface area contributed by atoms with Crippen LogP contribution in [0.3, 0.4) is 0 Å². The molecule has 1 nitrogen and oxygen atoms in total. The number of halogens is 2. The van der Waals surface area contributed by atoms with E-state index in [0.717, 1.165) is 0 Å². The highest BCUT2D eigenvalue weighted by atomic mass is 79.9. The zero-order valence-electron chi connectivity index (χ0n) is 2.32. The molecule has 5 heavy (non-hydrogen) atoms. The monoisotopic (exact) mass is 156 g/mol. The lowest BCUT2D eigenvalue weighted by Crippen LogP contribution is -1.41. The van der Waals surface area contributed by atoms with Crippen LogP contribution in [0.25, 0.3) is 0 Å². The summed E-state index contributed by atoms with van der Waals surface area (Å²) in [6.45, 7) is 0. The van der Waals surface area contributed by atoms with Crippen LogP contribution < -0.4 is 0 Å². The number of hydrogen-bond donors (Lipinski definition) is 0. The molecule has 0 aliphatic carbocycles. The van der Waals surface area contributed by atoms with Crippen LogP contribution in [0.2, 0.25) is 0 Å². The van der Waals surface area contributed by atoms with E-state index in [0.29, 0.717) is 0 Å². The summed E-state index contributed by atoms with van der Waals surface area (Å²) in [5.41, 5.74) is 1.26. The second-order valence-electron chi connectivity index (χ2n) is 0.351. The van der Waals surface area contributed by atoms with Gasteiger partial charge in [0, 0.05) is 5.54 Å². The summed E-state index contributed by atoms with van der Waals surface area (Å²) < 4.78 is 4.19. The summed E-state index contributed by atoms with van der Waals surface area (Å²) in [4.78, 5) is 0. The molecular formula is C2H2BrClO. The Balaban J connectivity index is 2.62. The quantitative estimate of drug-likeness (QED) is 0.529. The van der Waals surface area contributed by atoms with E-state index >= 15 is 0 Å². The van der Waals surface area contributed by atoms with E-state index in [4.69, 9.17) is 11.6 Å². The summed E-state index contributed by atoms with van der Waals surface area (Å²) in [6.07, 6.45) is 1.31. The second-order valence-corrected chi connectivity index (χ2v) is 0.977. The summed E-state index contributed by atoms with van der Waals surface area (Å²) >= 11 is 7.60. The van der Waals surface area contributed by atoms with E-state index in [1.165, 1.54) is 11.8 Å². The Morgan fingerprint density at radius 2 is 2.40 bits per heavy atom. The molecule has 0 aromatic heterocycles. The Bertz CT molecular complexity index is 36.6. The van der Waals surface area contributed by atoms with E-state index in [1.807, 2.05) is 0 Å². The molecule has 0 saturated heterocycles. The van der Waals surface area contributed by atoms with Gasteiger partial charge in [-0.3, -0.25) is 0 Å². The minimum absolute atomic E-state index is 1.26. The van der Waals surface area contributed by atoms with Crippen molar-refractivity contribution in [2.24, 2.45) is 0 Å². The van der Waals surface area contributed by atoms with Crippen molar-refractivity contribution in [3.8, 4) is 0 Å². The topological polar surface area (TPSA) is 9.23 Å². The molecule has 0 saturated carbocycles. The molecule has 0 N–H and O–H groups in total. The van der Waals surface area contributed by atoms with Gasteiger partial charge in [0.25, 0.3) is 0 Å². The van der Waals surface area contributed by atoms with Gasteiger partial charge in [-0.25, -0.2) is 0 Å². The van der Waals surface area contributed by atoms with E-state index in [-0.39, 0.29) is 0 Å². The van der Waals surface area contributed by atoms with Gasteiger partial charge in [-0.15, -0.1) is 0 Å². The van der Waals surface area contributed by atoms with Gasteiger partial charge in [0.1, 0.15) is 6.26 Å². The molecule has 30 valence electrons.